The number of aromatic nitrogens is 3. The van der Waals surface area contributed by atoms with Crippen LogP contribution in [0.25, 0.3) is 11.0 Å². The van der Waals surface area contributed by atoms with Crippen molar-refractivity contribution in [2.24, 2.45) is 5.92 Å². The largest absolute Gasteiger partial charge is 0.477 e. The third-order valence-corrected chi connectivity index (χ3v) is 4.67. The van der Waals surface area contributed by atoms with E-state index in [4.69, 9.17) is 9.47 Å². The normalized spacial score (nSPS) is 15.6. The van der Waals surface area contributed by atoms with E-state index in [2.05, 4.69) is 26.2 Å². The molecule has 0 bridgehead atoms. The Morgan fingerprint density at radius 1 is 1.43 bits per heavy atom. The minimum Gasteiger partial charge on any atom is -0.477 e. The average Bonchev–Trinajstić information content (AvgIpc) is 3.26. The third-order valence-electron chi connectivity index (χ3n) is 3.91. The standard InChI is InChI=1S/C16H20BrN3O3/c1-3-12(16(21)22-4-2)23-13-8-7-11-15(14(13)17)18-19-20(11)9-10-5-6-10/h7-8,10,12H,3-6,9H2,1-2H3. The van der Waals surface area contributed by atoms with Crippen molar-refractivity contribution in [2.45, 2.75) is 45.8 Å². The molecule has 0 saturated heterocycles. The van der Waals surface area contributed by atoms with Gasteiger partial charge in [-0.25, -0.2) is 9.48 Å². The van der Waals surface area contributed by atoms with Gasteiger partial charge in [0.25, 0.3) is 0 Å². The van der Waals surface area contributed by atoms with E-state index in [-0.39, 0.29) is 5.97 Å². The molecule has 6 nitrogen and oxygen atoms in total. The van der Waals surface area contributed by atoms with Crippen LogP contribution in [0, 0.1) is 5.92 Å². The molecule has 2 aromatic rings. The van der Waals surface area contributed by atoms with Crippen molar-refractivity contribution in [3.63, 3.8) is 0 Å². The summed E-state index contributed by atoms with van der Waals surface area (Å²) in [5.41, 5.74) is 1.72. The average molecular weight is 382 g/mol. The second-order valence-electron chi connectivity index (χ2n) is 5.73. The van der Waals surface area contributed by atoms with Crippen molar-refractivity contribution in [1.82, 2.24) is 15.0 Å². The van der Waals surface area contributed by atoms with Crippen molar-refractivity contribution >= 4 is 32.9 Å². The molecule has 1 fully saturated rings. The van der Waals surface area contributed by atoms with Gasteiger partial charge in [-0.15, -0.1) is 5.10 Å². The second kappa shape index (κ2) is 6.86. The molecule has 3 rings (SSSR count). The van der Waals surface area contributed by atoms with Crippen LogP contribution in [0.15, 0.2) is 16.6 Å². The highest BCUT2D eigenvalue weighted by Gasteiger charge is 2.25. The second-order valence-corrected chi connectivity index (χ2v) is 6.52. The molecule has 7 heteroatoms. The van der Waals surface area contributed by atoms with Gasteiger partial charge in [0.15, 0.2) is 6.10 Å². The summed E-state index contributed by atoms with van der Waals surface area (Å²) in [5.74, 6) is 0.957. The van der Waals surface area contributed by atoms with Crippen LogP contribution in [0.3, 0.4) is 0 Å². The first-order valence-electron chi connectivity index (χ1n) is 7.99. The van der Waals surface area contributed by atoms with Crippen LogP contribution in [0.4, 0.5) is 0 Å². The molecule has 0 amide bonds. The summed E-state index contributed by atoms with van der Waals surface area (Å²) in [4.78, 5) is 11.9. The Balaban J connectivity index is 1.83. The minimum atomic E-state index is -0.620. The van der Waals surface area contributed by atoms with Crippen molar-refractivity contribution in [3.8, 4) is 5.75 Å². The predicted octanol–water partition coefficient (Wildman–Crippen LogP) is 3.32. The molecule has 124 valence electrons. The van der Waals surface area contributed by atoms with Gasteiger partial charge < -0.3 is 9.47 Å². The Morgan fingerprint density at radius 3 is 2.87 bits per heavy atom. The zero-order chi connectivity index (χ0) is 16.4. The lowest BCUT2D eigenvalue weighted by Crippen LogP contribution is -2.28. The highest BCUT2D eigenvalue weighted by atomic mass is 79.9. The number of hydrogen-bond donors (Lipinski definition) is 0. The number of fused-ring (bicyclic) bond motifs is 1. The summed E-state index contributed by atoms with van der Waals surface area (Å²) in [6.45, 7) is 4.92. The van der Waals surface area contributed by atoms with E-state index in [1.807, 2.05) is 23.7 Å². The Labute approximate surface area is 143 Å². The van der Waals surface area contributed by atoms with E-state index in [0.717, 1.165) is 28.0 Å². The lowest BCUT2D eigenvalue weighted by Gasteiger charge is -2.17. The summed E-state index contributed by atoms with van der Waals surface area (Å²) in [6.07, 6.45) is 2.45. The summed E-state index contributed by atoms with van der Waals surface area (Å²) in [5, 5.41) is 8.47. The van der Waals surface area contributed by atoms with E-state index in [0.29, 0.717) is 18.8 Å². The Kier molecular flexibility index (Phi) is 4.84. The number of nitrogens with zero attached hydrogens (tertiary/aromatic N) is 3. The number of hydrogen-bond acceptors (Lipinski definition) is 5. The monoisotopic (exact) mass is 381 g/mol. The van der Waals surface area contributed by atoms with Crippen LogP contribution in [0.1, 0.15) is 33.1 Å². The Hall–Kier alpha value is -1.63. The fraction of sp³-hybridized carbons (Fsp3) is 0.562. The maximum Gasteiger partial charge on any atom is 0.347 e. The third kappa shape index (κ3) is 3.49. The number of rotatable bonds is 7. The van der Waals surface area contributed by atoms with Crippen LogP contribution in [-0.4, -0.2) is 33.7 Å². The molecule has 1 aromatic heterocycles. The molecular formula is C16H20BrN3O3. The van der Waals surface area contributed by atoms with Gasteiger partial charge in [0.05, 0.1) is 16.6 Å². The van der Waals surface area contributed by atoms with Crippen LogP contribution in [0.2, 0.25) is 0 Å². The highest BCUT2D eigenvalue weighted by Crippen LogP contribution is 2.35. The molecule has 1 heterocycles. The van der Waals surface area contributed by atoms with Crippen molar-refractivity contribution in [2.75, 3.05) is 6.61 Å². The number of carbonyl (C=O) groups excluding carboxylic acids is 1. The number of esters is 1. The van der Waals surface area contributed by atoms with Crippen LogP contribution in [0.5, 0.6) is 5.75 Å². The smallest absolute Gasteiger partial charge is 0.347 e. The maximum atomic E-state index is 11.9. The summed E-state index contributed by atoms with van der Waals surface area (Å²) < 4.78 is 13.5. The van der Waals surface area contributed by atoms with Gasteiger partial charge in [-0.05, 0) is 60.2 Å². The van der Waals surface area contributed by atoms with Gasteiger partial charge in [0.1, 0.15) is 11.3 Å². The van der Waals surface area contributed by atoms with E-state index < -0.39 is 6.10 Å². The van der Waals surface area contributed by atoms with Crippen LogP contribution < -0.4 is 4.74 Å². The molecule has 1 aliphatic rings. The van der Waals surface area contributed by atoms with Crippen molar-refractivity contribution in [1.29, 1.82) is 0 Å². The zero-order valence-corrected chi connectivity index (χ0v) is 14.9. The SMILES string of the molecule is CCOC(=O)C(CC)Oc1ccc2c(nnn2CC2CC2)c1Br. The van der Waals surface area contributed by atoms with E-state index >= 15 is 0 Å². The molecule has 1 aliphatic carbocycles. The van der Waals surface area contributed by atoms with Crippen molar-refractivity contribution < 1.29 is 14.3 Å². The molecule has 0 spiro atoms. The Morgan fingerprint density at radius 2 is 2.22 bits per heavy atom. The number of benzene rings is 1. The lowest BCUT2D eigenvalue weighted by atomic mass is 10.2. The molecule has 1 aromatic carbocycles. The van der Waals surface area contributed by atoms with Gasteiger partial charge in [0.2, 0.25) is 0 Å². The molecule has 1 saturated carbocycles. The minimum absolute atomic E-state index is 0.342. The van der Waals surface area contributed by atoms with E-state index in [1.165, 1.54) is 12.8 Å². The molecule has 1 unspecified atom stereocenters. The topological polar surface area (TPSA) is 66.2 Å². The fourth-order valence-corrected chi connectivity index (χ4v) is 2.95. The predicted molar refractivity (Wildman–Crippen MR) is 89.3 cm³/mol. The molecule has 1 atom stereocenters. The maximum absolute atomic E-state index is 11.9. The summed E-state index contributed by atoms with van der Waals surface area (Å²) >= 11 is 3.53. The summed E-state index contributed by atoms with van der Waals surface area (Å²) in [7, 11) is 0. The number of halogens is 1. The number of carbonyl (C=O) groups is 1. The quantitative estimate of drug-likeness (QED) is 0.688. The zero-order valence-electron chi connectivity index (χ0n) is 13.3. The van der Waals surface area contributed by atoms with E-state index in [1.54, 1.807) is 6.92 Å². The Bertz CT molecular complexity index is 712. The molecule has 0 N–H and O–H groups in total. The van der Waals surface area contributed by atoms with Crippen LogP contribution >= 0.6 is 15.9 Å². The summed E-state index contributed by atoms with van der Waals surface area (Å²) in [6, 6.07) is 3.79. The first-order chi connectivity index (χ1) is 11.1. The fourth-order valence-electron chi connectivity index (χ4n) is 2.44. The van der Waals surface area contributed by atoms with E-state index in [9.17, 15) is 4.79 Å². The molecule has 23 heavy (non-hydrogen) atoms. The van der Waals surface area contributed by atoms with Gasteiger partial charge in [-0.3, -0.25) is 0 Å². The molecule has 0 aliphatic heterocycles. The molecule has 0 radical (unpaired) electrons. The van der Waals surface area contributed by atoms with Gasteiger partial charge >= 0.3 is 5.97 Å². The van der Waals surface area contributed by atoms with Crippen molar-refractivity contribution in [3.05, 3.63) is 16.6 Å². The number of ether oxygens (including phenoxy) is 2. The van der Waals surface area contributed by atoms with Crippen LogP contribution in [-0.2, 0) is 16.1 Å². The first kappa shape index (κ1) is 16.2. The highest BCUT2D eigenvalue weighted by molar-refractivity contribution is 9.10. The molecular weight excluding hydrogens is 362 g/mol. The van der Waals surface area contributed by atoms with Gasteiger partial charge in [-0.2, -0.15) is 0 Å². The first-order valence-corrected chi connectivity index (χ1v) is 8.78. The van der Waals surface area contributed by atoms with Gasteiger partial charge in [-0.1, -0.05) is 12.1 Å². The van der Waals surface area contributed by atoms with Gasteiger partial charge in [0, 0.05) is 6.54 Å². The lowest BCUT2D eigenvalue weighted by molar-refractivity contribution is -0.151.